The Balaban J connectivity index is 2.14. The van der Waals surface area contributed by atoms with Crippen LogP contribution in [0.1, 0.15) is 18.4 Å². The van der Waals surface area contributed by atoms with Gasteiger partial charge in [-0.3, -0.25) is 0 Å². The molecular weight excluding hydrogens is 312 g/mol. The zero-order valence-corrected chi connectivity index (χ0v) is 13.4. The van der Waals surface area contributed by atoms with E-state index in [0.29, 0.717) is 31.3 Å². The van der Waals surface area contributed by atoms with E-state index in [-0.39, 0.29) is 11.8 Å². The standard InChI is InChI=1S/C14H21ClN2O3S/c15-13-3-1-12(2-4-13)11-21(18,19)17(8-7-16)14-5-9-20-10-6-14/h1-4,14H,5-11,16H2. The third-order valence-corrected chi connectivity index (χ3v) is 5.71. The summed E-state index contributed by atoms with van der Waals surface area (Å²) < 4.78 is 32.2. The number of rotatable bonds is 6. The van der Waals surface area contributed by atoms with Crippen LogP contribution in [0, 0.1) is 0 Å². The van der Waals surface area contributed by atoms with Crippen molar-refractivity contribution in [1.82, 2.24) is 4.31 Å². The van der Waals surface area contributed by atoms with Crippen LogP contribution in [0.3, 0.4) is 0 Å². The van der Waals surface area contributed by atoms with Crippen LogP contribution < -0.4 is 5.73 Å². The Morgan fingerprint density at radius 2 is 1.86 bits per heavy atom. The molecule has 0 unspecified atom stereocenters. The molecule has 0 aromatic heterocycles. The summed E-state index contributed by atoms with van der Waals surface area (Å²) in [5, 5.41) is 0.597. The number of sulfonamides is 1. The van der Waals surface area contributed by atoms with Gasteiger partial charge in [-0.05, 0) is 30.5 Å². The van der Waals surface area contributed by atoms with Gasteiger partial charge in [0.15, 0.2) is 0 Å². The molecule has 0 radical (unpaired) electrons. The SMILES string of the molecule is NCCN(C1CCOCC1)S(=O)(=O)Cc1ccc(Cl)cc1. The van der Waals surface area contributed by atoms with Gasteiger partial charge in [0.1, 0.15) is 0 Å². The number of halogens is 1. The Bertz CT molecular complexity index is 542. The van der Waals surface area contributed by atoms with Crippen molar-refractivity contribution in [1.29, 1.82) is 0 Å². The van der Waals surface area contributed by atoms with Gasteiger partial charge >= 0.3 is 0 Å². The first kappa shape index (κ1) is 16.7. The summed E-state index contributed by atoms with van der Waals surface area (Å²) in [5.41, 5.74) is 6.32. The van der Waals surface area contributed by atoms with E-state index in [2.05, 4.69) is 0 Å². The highest BCUT2D eigenvalue weighted by atomic mass is 35.5. The van der Waals surface area contributed by atoms with Crippen LogP contribution in [0.5, 0.6) is 0 Å². The van der Waals surface area contributed by atoms with Gasteiger partial charge in [-0.25, -0.2) is 8.42 Å². The summed E-state index contributed by atoms with van der Waals surface area (Å²) in [7, 11) is -3.40. The van der Waals surface area contributed by atoms with Crippen LogP contribution in [-0.4, -0.2) is 45.1 Å². The predicted molar refractivity (Wildman–Crippen MR) is 83.7 cm³/mol. The number of hydrogen-bond acceptors (Lipinski definition) is 4. The zero-order valence-electron chi connectivity index (χ0n) is 11.9. The van der Waals surface area contributed by atoms with E-state index < -0.39 is 10.0 Å². The quantitative estimate of drug-likeness (QED) is 0.859. The smallest absolute Gasteiger partial charge is 0.218 e. The first-order valence-corrected chi connectivity index (χ1v) is 9.03. The summed E-state index contributed by atoms with van der Waals surface area (Å²) in [4.78, 5) is 0. The maximum atomic E-state index is 12.7. The van der Waals surface area contributed by atoms with Gasteiger partial charge in [0.05, 0.1) is 5.75 Å². The Morgan fingerprint density at radius 3 is 2.43 bits per heavy atom. The third kappa shape index (κ3) is 4.66. The molecule has 1 aromatic rings. The molecule has 7 heteroatoms. The topological polar surface area (TPSA) is 72.6 Å². The molecule has 0 bridgehead atoms. The number of benzene rings is 1. The lowest BCUT2D eigenvalue weighted by Gasteiger charge is -2.33. The zero-order chi connectivity index (χ0) is 15.3. The maximum Gasteiger partial charge on any atom is 0.218 e. The molecule has 1 aliphatic heterocycles. The monoisotopic (exact) mass is 332 g/mol. The molecule has 1 heterocycles. The number of ether oxygens (including phenoxy) is 1. The molecule has 0 spiro atoms. The fourth-order valence-corrected chi connectivity index (χ4v) is 4.48. The molecule has 0 atom stereocenters. The van der Waals surface area contributed by atoms with Crippen LogP contribution in [0.2, 0.25) is 5.02 Å². The molecule has 1 fully saturated rings. The van der Waals surface area contributed by atoms with Crippen molar-refractivity contribution in [2.24, 2.45) is 5.73 Å². The highest BCUT2D eigenvalue weighted by Gasteiger charge is 2.30. The van der Waals surface area contributed by atoms with E-state index in [1.807, 2.05) is 0 Å². The molecule has 1 aliphatic rings. The van der Waals surface area contributed by atoms with Crippen molar-refractivity contribution in [2.75, 3.05) is 26.3 Å². The van der Waals surface area contributed by atoms with Crippen molar-refractivity contribution >= 4 is 21.6 Å². The van der Waals surface area contributed by atoms with Gasteiger partial charge < -0.3 is 10.5 Å². The first-order chi connectivity index (χ1) is 10.0. The lowest BCUT2D eigenvalue weighted by Crippen LogP contribution is -2.46. The molecular formula is C14H21ClN2O3S. The lowest BCUT2D eigenvalue weighted by molar-refractivity contribution is 0.0590. The second-order valence-corrected chi connectivity index (χ2v) is 7.48. The molecule has 0 aliphatic carbocycles. The molecule has 1 saturated heterocycles. The summed E-state index contributed by atoms with van der Waals surface area (Å²) >= 11 is 5.83. The van der Waals surface area contributed by atoms with E-state index in [1.54, 1.807) is 28.6 Å². The molecule has 0 amide bonds. The third-order valence-electron chi connectivity index (χ3n) is 3.57. The highest BCUT2D eigenvalue weighted by molar-refractivity contribution is 7.88. The van der Waals surface area contributed by atoms with E-state index >= 15 is 0 Å². The van der Waals surface area contributed by atoms with Crippen LogP contribution >= 0.6 is 11.6 Å². The number of nitrogens with two attached hydrogens (primary N) is 1. The minimum absolute atomic E-state index is 0.0143. The second kappa shape index (κ2) is 7.56. The van der Waals surface area contributed by atoms with Crippen molar-refractivity contribution in [2.45, 2.75) is 24.6 Å². The Labute approximate surface area is 131 Å². The fourth-order valence-electron chi connectivity index (χ4n) is 2.52. The van der Waals surface area contributed by atoms with E-state index in [9.17, 15) is 8.42 Å². The average Bonchev–Trinajstić information content (AvgIpc) is 2.48. The maximum absolute atomic E-state index is 12.7. The normalized spacial score (nSPS) is 17.3. The summed E-state index contributed by atoms with van der Waals surface area (Å²) in [6.07, 6.45) is 1.44. The number of hydrogen-bond donors (Lipinski definition) is 1. The minimum Gasteiger partial charge on any atom is -0.381 e. The second-order valence-electron chi connectivity index (χ2n) is 5.13. The molecule has 2 rings (SSSR count). The van der Waals surface area contributed by atoms with E-state index in [4.69, 9.17) is 22.1 Å². The Hall–Kier alpha value is -0.660. The van der Waals surface area contributed by atoms with E-state index in [1.165, 1.54) is 0 Å². The summed E-state index contributed by atoms with van der Waals surface area (Å²) in [5.74, 6) is -0.0263. The van der Waals surface area contributed by atoms with Crippen molar-refractivity contribution in [3.63, 3.8) is 0 Å². The Morgan fingerprint density at radius 1 is 1.24 bits per heavy atom. The van der Waals surface area contributed by atoms with Gasteiger partial charge in [0.2, 0.25) is 10.0 Å². The number of nitrogens with zero attached hydrogens (tertiary/aromatic N) is 1. The largest absolute Gasteiger partial charge is 0.381 e. The van der Waals surface area contributed by atoms with Crippen molar-refractivity contribution in [3.8, 4) is 0 Å². The lowest BCUT2D eigenvalue weighted by atomic mass is 10.1. The van der Waals surface area contributed by atoms with Gasteiger partial charge in [-0.2, -0.15) is 4.31 Å². The van der Waals surface area contributed by atoms with Crippen molar-refractivity contribution < 1.29 is 13.2 Å². The van der Waals surface area contributed by atoms with Gasteiger partial charge in [0.25, 0.3) is 0 Å². The van der Waals surface area contributed by atoms with Gasteiger partial charge in [-0.1, -0.05) is 23.7 Å². The summed E-state index contributed by atoms with van der Waals surface area (Å²) in [6, 6.07) is 6.87. The molecule has 118 valence electrons. The molecule has 0 saturated carbocycles. The van der Waals surface area contributed by atoms with Gasteiger partial charge in [0, 0.05) is 37.4 Å². The molecule has 2 N–H and O–H groups in total. The minimum atomic E-state index is -3.40. The first-order valence-electron chi connectivity index (χ1n) is 7.05. The molecule has 5 nitrogen and oxygen atoms in total. The Kier molecular flexibility index (Phi) is 6.01. The van der Waals surface area contributed by atoms with Crippen LogP contribution in [0.4, 0.5) is 0 Å². The van der Waals surface area contributed by atoms with Crippen LogP contribution in [0.25, 0.3) is 0 Å². The summed E-state index contributed by atoms with van der Waals surface area (Å²) in [6.45, 7) is 1.86. The fraction of sp³-hybridized carbons (Fsp3) is 0.571. The molecule has 21 heavy (non-hydrogen) atoms. The van der Waals surface area contributed by atoms with Crippen LogP contribution in [0.15, 0.2) is 24.3 Å². The van der Waals surface area contributed by atoms with Crippen LogP contribution in [-0.2, 0) is 20.5 Å². The highest BCUT2D eigenvalue weighted by Crippen LogP contribution is 2.21. The van der Waals surface area contributed by atoms with Gasteiger partial charge in [-0.15, -0.1) is 0 Å². The van der Waals surface area contributed by atoms with Crippen molar-refractivity contribution in [3.05, 3.63) is 34.9 Å². The average molecular weight is 333 g/mol. The molecule has 1 aromatic carbocycles. The van der Waals surface area contributed by atoms with E-state index in [0.717, 1.165) is 18.4 Å². The predicted octanol–water partition coefficient (Wildman–Crippen LogP) is 1.61.